The number of rotatable bonds is 4. The van der Waals surface area contributed by atoms with Crippen LogP contribution in [0.2, 0.25) is 0 Å². The molecule has 6 heteroatoms. The molecule has 0 saturated heterocycles. The largest absolute Gasteiger partial charge is 0.279 e. The Morgan fingerprint density at radius 1 is 0.952 bits per heavy atom. The first-order valence-electron chi connectivity index (χ1n) is 6.37. The molecule has 0 aliphatic carbocycles. The summed E-state index contributed by atoms with van der Waals surface area (Å²) in [6, 6.07) is 8.87. The minimum absolute atomic E-state index is 0.0385. The van der Waals surface area contributed by atoms with Crippen LogP contribution in [0.1, 0.15) is 25.3 Å². The number of nitrogens with one attached hydrogen (secondary N) is 1. The van der Waals surface area contributed by atoms with E-state index in [2.05, 4.69) is 4.72 Å². The minimum Gasteiger partial charge on any atom is -0.279 e. The number of hydrogen-bond acceptors (Lipinski definition) is 2. The maximum atomic E-state index is 13.1. The summed E-state index contributed by atoms with van der Waals surface area (Å²) in [6.07, 6.45) is 0. The van der Waals surface area contributed by atoms with Gasteiger partial charge < -0.3 is 0 Å². The van der Waals surface area contributed by atoms with Crippen LogP contribution in [0.4, 0.5) is 14.5 Å². The molecule has 0 heterocycles. The molecule has 2 aromatic carbocycles. The van der Waals surface area contributed by atoms with Gasteiger partial charge in [-0.15, -0.1) is 0 Å². The van der Waals surface area contributed by atoms with Gasteiger partial charge in [0, 0.05) is 6.07 Å². The van der Waals surface area contributed by atoms with E-state index in [1.54, 1.807) is 12.1 Å². The molecule has 0 unspecified atom stereocenters. The molecule has 112 valence electrons. The lowest BCUT2D eigenvalue weighted by atomic mass is 10.0. The zero-order valence-corrected chi connectivity index (χ0v) is 12.4. The zero-order valence-electron chi connectivity index (χ0n) is 11.6. The second-order valence-electron chi connectivity index (χ2n) is 4.99. The Bertz CT molecular complexity index is 721. The van der Waals surface area contributed by atoms with Gasteiger partial charge in [0.25, 0.3) is 10.0 Å². The van der Waals surface area contributed by atoms with Crippen molar-refractivity contribution >= 4 is 15.7 Å². The Labute approximate surface area is 122 Å². The van der Waals surface area contributed by atoms with Crippen LogP contribution in [-0.2, 0) is 10.0 Å². The summed E-state index contributed by atoms with van der Waals surface area (Å²) in [5, 5.41) is 0. The fourth-order valence-electron chi connectivity index (χ4n) is 1.86. The van der Waals surface area contributed by atoms with E-state index >= 15 is 0 Å². The van der Waals surface area contributed by atoms with Crippen LogP contribution in [0.3, 0.4) is 0 Å². The van der Waals surface area contributed by atoms with E-state index in [1.807, 2.05) is 13.8 Å². The average molecular weight is 311 g/mol. The van der Waals surface area contributed by atoms with Gasteiger partial charge in [-0.05, 0) is 35.7 Å². The van der Waals surface area contributed by atoms with E-state index in [4.69, 9.17) is 0 Å². The molecule has 0 fully saturated rings. The third kappa shape index (κ3) is 3.78. The second kappa shape index (κ2) is 5.81. The standard InChI is InChI=1S/C15H15F2NO2S/c1-10(2)11-3-5-15(6-4-11)21(19,20)18-14-8-12(16)7-13(17)9-14/h3-10,18H,1-2H3. The van der Waals surface area contributed by atoms with Gasteiger partial charge in [0.1, 0.15) is 11.6 Å². The number of halogens is 2. The minimum atomic E-state index is -3.87. The first-order chi connectivity index (χ1) is 9.78. The van der Waals surface area contributed by atoms with Gasteiger partial charge in [-0.1, -0.05) is 26.0 Å². The zero-order chi connectivity index (χ0) is 15.6. The summed E-state index contributed by atoms with van der Waals surface area (Å²) in [5.74, 6) is -1.40. The number of hydrogen-bond donors (Lipinski definition) is 1. The Morgan fingerprint density at radius 2 is 1.48 bits per heavy atom. The molecule has 0 aromatic heterocycles. The first-order valence-corrected chi connectivity index (χ1v) is 7.85. The Hall–Kier alpha value is -1.95. The van der Waals surface area contributed by atoms with Crippen molar-refractivity contribution in [2.24, 2.45) is 0 Å². The van der Waals surface area contributed by atoms with E-state index < -0.39 is 21.7 Å². The highest BCUT2D eigenvalue weighted by Gasteiger charge is 2.15. The number of sulfonamides is 1. The molecule has 0 saturated carbocycles. The highest BCUT2D eigenvalue weighted by molar-refractivity contribution is 7.92. The van der Waals surface area contributed by atoms with Gasteiger partial charge in [0.15, 0.2) is 0 Å². The summed E-state index contributed by atoms with van der Waals surface area (Å²) in [6.45, 7) is 3.99. The molecule has 21 heavy (non-hydrogen) atoms. The Kier molecular flexibility index (Phi) is 4.27. The third-order valence-corrected chi connectivity index (χ3v) is 4.37. The smallest absolute Gasteiger partial charge is 0.261 e. The lowest BCUT2D eigenvalue weighted by Gasteiger charge is -2.10. The number of anilines is 1. The van der Waals surface area contributed by atoms with Crippen LogP contribution in [0.5, 0.6) is 0 Å². The monoisotopic (exact) mass is 311 g/mol. The van der Waals surface area contributed by atoms with Crippen LogP contribution < -0.4 is 4.72 Å². The summed E-state index contributed by atoms with van der Waals surface area (Å²) < 4.78 is 52.6. The first kappa shape index (κ1) is 15.4. The van der Waals surface area contributed by atoms with Crippen molar-refractivity contribution in [1.29, 1.82) is 0 Å². The Balaban J connectivity index is 2.29. The van der Waals surface area contributed by atoms with Crippen molar-refractivity contribution in [3.05, 3.63) is 59.7 Å². The molecule has 0 radical (unpaired) electrons. The average Bonchev–Trinajstić information content (AvgIpc) is 2.37. The molecule has 2 rings (SSSR count). The molecular formula is C15H15F2NO2S. The van der Waals surface area contributed by atoms with Crippen molar-refractivity contribution in [3.63, 3.8) is 0 Å². The molecule has 0 amide bonds. The van der Waals surface area contributed by atoms with Gasteiger partial charge in [0.2, 0.25) is 0 Å². The molecule has 0 atom stereocenters. The van der Waals surface area contributed by atoms with Gasteiger partial charge in [-0.25, -0.2) is 17.2 Å². The van der Waals surface area contributed by atoms with Crippen molar-refractivity contribution in [1.82, 2.24) is 0 Å². The summed E-state index contributed by atoms with van der Waals surface area (Å²) in [4.78, 5) is 0.0385. The van der Waals surface area contributed by atoms with E-state index in [-0.39, 0.29) is 16.5 Å². The summed E-state index contributed by atoms with van der Waals surface area (Å²) in [7, 11) is -3.87. The van der Waals surface area contributed by atoms with E-state index in [0.29, 0.717) is 6.07 Å². The van der Waals surface area contributed by atoms with Gasteiger partial charge in [-0.2, -0.15) is 0 Å². The predicted molar refractivity (Wildman–Crippen MR) is 77.7 cm³/mol. The lowest BCUT2D eigenvalue weighted by molar-refractivity contribution is 0.584. The highest BCUT2D eigenvalue weighted by Crippen LogP contribution is 2.21. The lowest BCUT2D eigenvalue weighted by Crippen LogP contribution is -2.13. The molecule has 2 aromatic rings. The molecule has 0 bridgehead atoms. The van der Waals surface area contributed by atoms with Crippen LogP contribution in [-0.4, -0.2) is 8.42 Å². The fraction of sp³-hybridized carbons (Fsp3) is 0.200. The molecule has 3 nitrogen and oxygen atoms in total. The molecule has 0 spiro atoms. The van der Waals surface area contributed by atoms with Crippen LogP contribution in [0.15, 0.2) is 47.4 Å². The van der Waals surface area contributed by atoms with E-state index in [9.17, 15) is 17.2 Å². The van der Waals surface area contributed by atoms with Gasteiger partial charge in [0.05, 0.1) is 10.6 Å². The van der Waals surface area contributed by atoms with Crippen LogP contribution >= 0.6 is 0 Å². The third-order valence-electron chi connectivity index (χ3n) is 2.97. The normalized spacial score (nSPS) is 11.7. The van der Waals surface area contributed by atoms with Gasteiger partial charge >= 0.3 is 0 Å². The second-order valence-corrected chi connectivity index (χ2v) is 6.67. The predicted octanol–water partition coefficient (Wildman–Crippen LogP) is 3.89. The summed E-state index contributed by atoms with van der Waals surface area (Å²) in [5.41, 5.74) is 0.853. The van der Waals surface area contributed by atoms with Gasteiger partial charge in [-0.3, -0.25) is 4.72 Å². The van der Waals surface area contributed by atoms with Crippen LogP contribution in [0.25, 0.3) is 0 Å². The highest BCUT2D eigenvalue weighted by atomic mass is 32.2. The van der Waals surface area contributed by atoms with Crippen LogP contribution in [0, 0.1) is 11.6 Å². The number of benzene rings is 2. The van der Waals surface area contributed by atoms with Crippen molar-refractivity contribution < 1.29 is 17.2 Å². The fourth-order valence-corrected chi connectivity index (χ4v) is 2.90. The van der Waals surface area contributed by atoms with E-state index in [1.165, 1.54) is 12.1 Å². The summed E-state index contributed by atoms with van der Waals surface area (Å²) >= 11 is 0. The Morgan fingerprint density at radius 3 is 1.95 bits per heavy atom. The maximum Gasteiger partial charge on any atom is 0.261 e. The van der Waals surface area contributed by atoms with Crippen molar-refractivity contribution in [3.8, 4) is 0 Å². The molecule has 0 aliphatic rings. The topological polar surface area (TPSA) is 46.2 Å². The van der Waals surface area contributed by atoms with E-state index in [0.717, 1.165) is 17.7 Å². The van der Waals surface area contributed by atoms with Crippen molar-refractivity contribution in [2.75, 3.05) is 4.72 Å². The molecular weight excluding hydrogens is 296 g/mol. The van der Waals surface area contributed by atoms with Crippen molar-refractivity contribution in [2.45, 2.75) is 24.7 Å². The SMILES string of the molecule is CC(C)c1ccc(S(=O)(=O)Nc2cc(F)cc(F)c2)cc1. The quantitative estimate of drug-likeness (QED) is 0.931. The molecule has 0 aliphatic heterocycles. The molecule has 1 N–H and O–H groups in total. The maximum absolute atomic E-state index is 13.1.